The van der Waals surface area contributed by atoms with E-state index in [4.69, 9.17) is 23.2 Å². The van der Waals surface area contributed by atoms with Crippen LogP contribution in [0.15, 0.2) is 36.4 Å². The molecule has 1 atom stereocenters. The molecule has 0 radical (unpaired) electrons. The Hall–Kier alpha value is -1.55. The highest BCUT2D eigenvalue weighted by atomic mass is 35.5. The first-order valence-corrected chi connectivity index (χ1v) is 9.40. The predicted molar refractivity (Wildman–Crippen MR) is 105 cm³/mol. The normalized spacial score (nSPS) is 12.0. The monoisotopic (exact) mass is 379 g/mol. The van der Waals surface area contributed by atoms with Gasteiger partial charge in [-0.1, -0.05) is 61.3 Å². The topological polar surface area (TPSA) is 45.7 Å². The summed E-state index contributed by atoms with van der Waals surface area (Å²) in [7, 11) is 0. The van der Waals surface area contributed by atoms with E-state index in [9.17, 15) is 4.79 Å². The largest absolute Gasteiger partial charge is 0.332 e. The summed E-state index contributed by atoms with van der Waals surface area (Å²) in [6, 6.07) is 11.7. The summed E-state index contributed by atoms with van der Waals surface area (Å²) >= 11 is 12.2. The Morgan fingerprint density at radius 1 is 1.12 bits per heavy atom. The van der Waals surface area contributed by atoms with E-state index in [1.54, 1.807) is 6.07 Å². The van der Waals surface area contributed by atoms with Gasteiger partial charge in [0.15, 0.2) is 6.54 Å². The molecule has 0 saturated heterocycles. The van der Waals surface area contributed by atoms with Crippen molar-refractivity contribution < 1.29 is 10.1 Å². The lowest BCUT2D eigenvalue weighted by Gasteiger charge is -2.16. The van der Waals surface area contributed by atoms with Crippen molar-refractivity contribution in [2.75, 3.05) is 11.9 Å². The molecule has 0 saturated carbocycles. The van der Waals surface area contributed by atoms with Crippen LogP contribution in [-0.4, -0.2) is 12.5 Å². The van der Waals surface area contributed by atoms with Crippen LogP contribution >= 0.6 is 23.2 Å². The molecule has 0 unspecified atom stereocenters. The van der Waals surface area contributed by atoms with E-state index in [-0.39, 0.29) is 11.9 Å². The molecule has 1 amide bonds. The van der Waals surface area contributed by atoms with Gasteiger partial charge in [0.1, 0.15) is 6.04 Å². The second-order valence-electron chi connectivity index (χ2n) is 6.10. The Morgan fingerprint density at radius 3 is 2.32 bits per heavy atom. The van der Waals surface area contributed by atoms with E-state index in [1.807, 2.05) is 30.4 Å². The van der Waals surface area contributed by atoms with Crippen molar-refractivity contribution in [1.29, 1.82) is 0 Å². The number of para-hydroxylation sites is 1. The molecule has 0 aromatic heterocycles. The molecule has 2 aromatic carbocycles. The molecule has 0 aliphatic rings. The lowest BCUT2D eigenvalue weighted by Crippen LogP contribution is -2.86. The molecule has 2 aromatic rings. The molecular weight excluding hydrogens is 355 g/mol. The van der Waals surface area contributed by atoms with Crippen molar-refractivity contribution in [3.63, 3.8) is 0 Å². The van der Waals surface area contributed by atoms with E-state index in [0.717, 1.165) is 24.1 Å². The molecule has 0 aliphatic carbocycles. The van der Waals surface area contributed by atoms with Gasteiger partial charge >= 0.3 is 0 Å². The number of nitrogens with one attached hydrogen (secondary N) is 1. The lowest BCUT2D eigenvalue weighted by atomic mass is 10.0. The molecule has 0 spiro atoms. The molecule has 134 valence electrons. The number of quaternary nitrogens is 1. The summed E-state index contributed by atoms with van der Waals surface area (Å²) < 4.78 is 0. The lowest BCUT2D eigenvalue weighted by molar-refractivity contribution is -0.682. The predicted octanol–water partition coefficient (Wildman–Crippen LogP) is 4.38. The molecular formula is C20H25Cl2N2O+. The highest BCUT2D eigenvalue weighted by Gasteiger charge is 2.16. The van der Waals surface area contributed by atoms with Crippen LogP contribution in [0.3, 0.4) is 0 Å². The number of aryl methyl sites for hydroxylation is 2. The molecule has 0 aliphatic heterocycles. The summed E-state index contributed by atoms with van der Waals surface area (Å²) in [5, 5.41) is 6.30. The molecule has 2 rings (SSSR count). The molecule has 0 heterocycles. The number of rotatable bonds is 7. The third-order valence-corrected chi connectivity index (χ3v) is 4.94. The number of hydrogen-bond donors (Lipinski definition) is 2. The second kappa shape index (κ2) is 9.23. The SMILES string of the molecule is CCc1cccc(CC)c1NC(=O)C[NH2+][C@H](C)c1ccc(Cl)cc1Cl. The standard InChI is InChI=1S/C20H24Cl2N2O/c1-4-14-7-6-8-15(5-2)20(14)24-19(25)12-23-13(3)17-10-9-16(21)11-18(17)22/h6-11,13,23H,4-5,12H2,1-3H3,(H,24,25)/p+1/t13-/m1/s1. The van der Waals surface area contributed by atoms with Crippen LogP contribution in [0, 0.1) is 0 Å². The van der Waals surface area contributed by atoms with Crippen molar-refractivity contribution in [3.8, 4) is 0 Å². The number of benzene rings is 2. The van der Waals surface area contributed by atoms with Crippen molar-refractivity contribution in [2.24, 2.45) is 0 Å². The molecule has 0 fully saturated rings. The summed E-state index contributed by atoms with van der Waals surface area (Å²) in [6.07, 6.45) is 1.79. The van der Waals surface area contributed by atoms with Gasteiger partial charge < -0.3 is 10.6 Å². The van der Waals surface area contributed by atoms with Gasteiger partial charge in [-0.05, 0) is 43.0 Å². The zero-order chi connectivity index (χ0) is 18.4. The number of halogens is 2. The van der Waals surface area contributed by atoms with Crippen LogP contribution in [0.1, 0.15) is 43.5 Å². The van der Waals surface area contributed by atoms with Gasteiger partial charge in [-0.25, -0.2) is 0 Å². The van der Waals surface area contributed by atoms with Gasteiger partial charge in [-0.15, -0.1) is 0 Å². The maximum Gasteiger partial charge on any atom is 0.279 e. The highest BCUT2D eigenvalue weighted by Crippen LogP contribution is 2.24. The summed E-state index contributed by atoms with van der Waals surface area (Å²) in [6.45, 7) is 6.56. The average molecular weight is 380 g/mol. The fourth-order valence-electron chi connectivity index (χ4n) is 2.88. The summed E-state index contributed by atoms with van der Waals surface area (Å²) in [4.78, 5) is 12.4. The number of amides is 1. The highest BCUT2D eigenvalue weighted by molar-refractivity contribution is 6.35. The van der Waals surface area contributed by atoms with E-state index in [1.165, 1.54) is 11.1 Å². The third-order valence-electron chi connectivity index (χ3n) is 4.37. The van der Waals surface area contributed by atoms with E-state index >= 15 is 0 Å². The van der Waals surface area contributed by atoms with Gasteiger partial charge in [0.2, 0.25) is 0 Å². The number of anilines is 1. The Balaban J connectivity index is 2.01. The Morgan fingerprint density at radius 2 is 1.76 bits per heavy atom. The number of nitrogens with two attached hydrogens (primary N) is 1. The smallest absolute Gasteiger partial charge is 0.279 e. The molecule has 3 N–H and O–H groups in total. The Labute approximate surface area is 159 Å². The first-order valence-electron chi connectivity index (χ1n) is 8.65. The van der Waals surface area contributed by atoms with Crippen LogP contribution < -0.4 is 10.6 Å². The van der Waals surface area contributed by atoms with Crippen molar-refractivity contribution in [1.82, 2.24) is 0 Å². The van der Waals surface area contributed by atoms with Crippen LogP contribution in [0.4, 0.5) is 5.69 Å². The van der Waals surface area contributed by atoms with Crippen molar-refractivity contribution >= 4 is 34.8 Å². The molecule has 5 heteroatoms. The fraction of sp³-hybridized carbons (Fsp3) is 0.350. The second-order valence-corrected chi connectivity index (χ2v) is 6.94. The van der Waals surface area contributed by atoms with Gasteiger partial charge in [0.05, 0.1) is 5.02 Å². The number of carbonyl (C=O) groups is 1. The van der Waals surface area contributed by atoms with Gasteiger partial charge in [-0.3, -0.25) is 4.79 Å². The summed E-state index contributed by atoms with van der Waals surface area (Å²) in [5.74, 6) is -0.00691. The maximum absolute atomic E-state index is 12.4. The van der Waals surface area contributed by atoms with Crippen LogP contribution in [0.5, 0.6) is 0 Å². The number of carbonyl (C=O) groups excluding carboxylic acids is 1. The van der Waals surface area contributed by atoms with E-state index in [0.29, 0.717) is 16.6 Å². The summed E-state index contributed by atoms with van der Waals surface area (Å²) in [5.41, 5.74) is 4.27. The van der Waals surface area contributed by atoms with Gasteiger partial charge in [0, 0.05) is 16.3 Å². The van der Waals surface area contributed by atoms with Gasteiger partial charge in [0.25, 0.3) is 5.91 Å². The van der Waals surface area contributed by atoms with E-state index in [2.05, 4.69) is 31.3 Å². The van der Waals surface area contributed by atoms with Crippen LogP contribution in [0.25, 0.3) is 0 Å². The van der Waals surface area contributed by atoms with E-state index < -0.39 is 0 Å². The Kier molecular flexibility index (Phi) is 7.30. The zero-order valence-corrected chi connectivity index (χ0v) is 16.4. The van der Waals surface area contributed by atoms with Crippen LogP contribution in [-0.2, 0) is 17.6 Å². The average Bonchev–Trinajstić information content (AvgIpc) is 2.59. The number of hydrogen-bond acceptors (Lipinski definition) is 1. The third kappa shape index (κ3) is 5.21. The molecule has 3 nitrogen and oxygen atoms in total. The zero-order valence-electron chi connectivity index (χ0n) is 14.9. The van der Waals surface area contributed by atoms with Crippen molar-refractivity contribution in [3.05, 3.63) is 63.1 Å². The minimum absolute atomic E-state index is 0.00691. The first-order chi connectivity index (χ1) is 12.0. The fourth-order valence-corrected chi connectivity index (χ4v) is 3.46. The van der Waals surface area contributed by atoms with Crippen molar-refractivity contribution in [2.45, 2.75) is 39.7 Å². The van der Waals surface area contributed by atoms with Gasteiger partial charge in [-0.2, -0.15) is 0 Å². The minimum atomic E-state index is -0.00691. The quantitative estimate of drug-likeness (QED) is 0.736. The minimum Gasteiger partial charge on any atom is -0.332 e. The Bertz CT molecular complexity index is 724. The van der Waals surface area contributed by atoms with Crippen LogP contribution in [0.2, 0.25) is 10.0 Å². The molecule has 0 bridgehead atoms. The first kappa shape index (κ1) is 19.8. The maximum atomic E-state index is 12.4. The molecule has 25 heavy (non-hydrogen) atoms.